The van der Waals surface area contributed by atoms with Crippen LogP contribution >= 0.6 is 0 Å². The highest BCUT2D eigenvalue weighted by Gasteiger charge is 1.72. The molecule has 0 aliphatic rings. The first-order valence-corrected chi connectivity index (χ1v) is 2.40. The highest BCUT2D eigenvalue weighted by atomic mass is 13.8. The molecule has 0 unspecified atom stereocenters. The van der Waals surface area contributed by atoms with Crippen molar-refractivity contribution in [1.29, 1.82) is 0 Å². The molecule has 0 spiro atoms. The summed E-state index contributed by atoms with van der Waals surface area (Å²) in [5.41, 5.74) is 0. The van der Waals surface area contributed by atoms with Gasteiger partial charge in [-0.2, -0.15) is 5.22 Å². The highest BCUT2D eigenvalue weighted by Crippen LogP contribution is 1.62. The molecule has 0 radical (unpaired) electrons. The molecule has 0 heteroatoms. The summed E-state index contributed by atoms with van der Waals surface area (Å²) in [7, 11) is 0. The van der Waals surface area contributed by atoms with Crippen molar-refractivity contribution in [3.63, 3.8) is 0 Å². The SMILES string of the molecule is [CH+]=c1ccc(=[CH-])cc1. The number of benzene rings is 1. The van der Waals surface area contributed by atoms with Crippen LogP contribution in [0.3, 0.4) is 0 Å². The van der Waals surface area contributed by atoms with E-state index in [0.29, 0.717) is 0 Å². The molecule has 1 aromatic carbocycles. The van der Waals surface area contributed by atoms with Crippen molar-refractivity contribution in [2.45, 2.75) is 0 Å². The zero-order valence-electron chi connectivity index (χ0n) is 4.46. The van der Waals surface area contributed by atoms with Crippen LogP contribution < -0.4 is 10.4 Å². The summed E-state index contributed by atoms with van der Waals surface area (Å²) in [6, 6.07) is 7.09. The first-order chi connectivity index (χ1) is 3.79. The Bertz CT molecular complexity index is 207. The molecule has 0 fully saturated rings. The standard InChI is InChI=1S/C8H6/c1-7-3-5-8(2)6-4-7/h1-6H. The van der Waals surface area contributed by atoms with Crippen molar-refractivity contribution in [3.05, 3.63) is 34.7 Å². The van der Waals surface area contributed by atoms with E-state index in [1.165, 1.54) is 0 Å². The van der Waals surface area contributed by atoms with Crippen molar-refractivity contribution in [1.82, 2.24) is 0 Å². The minimum atomic E-state index is 0.749. The number of hydrogen-bond donors (Lipinski definition) is 0. The van der Waals surface area contributed by atoms with Crippen LogP contribution in [0.1, 0.15) is 0 Å². The van der Waals surface area contributed by atoms with E-state index in [2.05, 4.69) is 0 Å². The van der Waals surface area contributed by atoms with E-state index >= 15 is 0 Å². The summed E-state index contributed by atoms with van der Waals surface area (Å²) in [5.74, 6) is 0. The fourth-order valence-corrected chi connectivity index (χ4v) is 0.496. The molecule has 38 valence electrons. The molecule has 0 saturated carbocycles. The van der Waals surface area contributed by atoms with Gasteiger partial charge in [0.25, 0.3) is 0 Å². The van der Waals surface area contributed by atoms with Crippen LogP contribution in [0.4, 0.5) is 0 Å². The molecule has 0 aromatic heterocycles. The third kappa shape index (κ3) is 0.927. The topological polar surface area (TPSA) is 0 Å². The summed E-state index contributed by atoms with van der Waals surface area (Å²) < 4.78 is 0. The van der Waals surface area contributed by atoms with E-state index in [1.807, 2.05) is 0 Å². The Labute approximate surface area is 48.8 Å². The molecule has 0 N–H and O–H groups in total. The van der Waals surface area contributed by atoms with E-state index in [9.17, 15) is 0 Å². The van der Waals surface area contributed by atoms with Crippen molar-refractivity contribution in [3.8, 4) is 0 Å². The Morgan fingerprint density at radius 3 is 2.00 bits per heavy atom. The van der Waals surface area contributed by atoms with Gasteiger partial charge in [-0.15, -0.1) is 12.1 Å². The molecule has 1 rings (SSSR count). The number of rotatable bonds is 0. The Balaban J connectivity index is 3.44. The van der Waals surface area contributed by atoms with Gasteiger partial charge in [0.05, 0.1) is 0 Å². The van der Waals surface area contributed by atoms with Crippen LogP contribution in [0, 0.1) is 0 Å². The lowest BCUT2D eigenvalue weighted by Gasteiger charge is -1.79. The first kappa shape index (κ1) is 5.02. The van der Waals surface area contributed by atoms with Crippen molar-refractivity contribution < 1.29 is 0 Å². The largest absolute Gasteiger partial charge is 0.217 e. The monoisotopic (exact) mass is 102 g/mol. The summed E-state index contributed by atoms with van der Waals surface area (Å²) in [4.78, 5) is 0. The second-order valence-electron chi connectivity index (χ2n) is 1.67. The molecule has 8 heavy (non-hydrogen) atoms. The lowest BCUT2D eigenvalue weighted by Crippen LogP contribution is -2.02. The van der Waals surface area contributed by atoms with Gasteiger partial charge in [0.2, 0.25) is 0 Å². The van der Waals surface area contributed by atoms with Crippen LogP contribution in [0.2, 0.25) is 0 Å². The minimum Gasteiger partial charge on any atom is -0.217 e. The van der Waals surface area contributed by atoms with E-state index < -0.39 is 0 Å². The molecule has 0 heterocycles. The summed E-state index contributed by atoms with van der Waals surface area (Å²) >= 11 is 0. The molecule has 0 amide bonds. The Morgan fingerprint density at radius 1 is 1.12 bits per heavy atom. The van der Waals surface area contributed by atoms with Gasteiger partial charge in [0, 0.05) is 0 Å². The average Bonchev–Trinajstić information content (AvgIpc) is 1.77. The third-order valence-electron chi connectivity index (χ3n) is 0.936. The summed E-state index contributed by atoms with van der Waals surface area (Å²) in [6.45, 7) is 10.7. The predicted molar refractivity (Wildman–Crippen MR) is 34.6 cm³/mol. The average molecular weight is 102 g/mol. The van der Waals surface area contributed by atoms with Crippen molar-refractivity contribution in [2.75, 3.05) is 0 Å². The maximum atomic E-state index is 5.37. The molecule has 1 aromatic rings. The van der Waals surface area contributed by atoms with Crippen LogP contribution in [0.15, 0.2) is 24.3 Å². The summed E-state index contributed by atoms with van der Waals surface area (Å²) in [6.07, 6.45) is 0. The molecule has 0 bridgehead atoms. The molecule has 0 atom stereocenters. The molecule has 0 saturated heterocycles. The van der Waals surface area contributed by atoms with E-state index in [1.54, 1.807) is 24.3 Å². The van der Waals surface area contributed by atoms with Gasteiger partial charge >= 0.3 is 0 Å². The lowest BCUT2D eigenvalue weighted by molar-refractivity contribution is 1.57. The van der Waals surface area contributed by atoms with Crippen LogP contribution in [0.25, 0.3) is 13.2 Å². The zero-order valence-corrected chi connectivity index (χ0v) is 4.46. The zero-order chi connectivity index (χ0) is 5.98. The van der Waals surface area contributed by atoms with Crippen LogP contribution in [0.5, 0.6) is 0 Å². The van der Waals surface area contributed by atoms with Gasteiger partial charge in [0.1, 0.15) is 0 Å². The van der Waals surface area contributed by atoms with Crippen LogP contribution in [-0.4, -0.2) is 0 Å². The van der Waals surface area contributed by atoms with E-state index in [-0.39, 0.29) is 0 Å². The van der Waals surface area contributed by atoms with Crippen molar-refractivity contribution >= 4 is 13.2 Å². The fourth-order valence-electron chi connectivity index (χ4n) is 0.496. The van der Waals surface area contributed by atoms with Gasteiger partial charge < -0.3 is 0 Å². The molecular weight excluding hydrogens is 96.1 g/mol. The van der Waals surface area contributed by atoms with E-state index in [0.717, 1.165) is 10.4 Å². The lowest BCUT2D eigenvalue weighted by atomic mass is 10.3. The van der Waals surface area contributed by atoms with Gasteiger partial charge in [-0.3, -0.25) is 0 Å². The fraction of sp³-hybridized carbons (Fsp3) is 0. The van der Waals surface area contributed by atoms with Gasteiger partial charge in [-0.25, -0.2) is 6.58 Å². The minimum absolute atomic E-state index is 0.749. The quantitative estimate of drug-likeness (QED) is 0.412. The maximum Gasteiger partial charge on any atom is 0.155 e. The second kappa shape index (κ2) is 1.77. The Kier molecular flexibility index (Phi) is 1.11. The molecule has 0 nitrogen and oxygen atoms in total. The van der Waals surface area contributed by atoms with Gasteiger partial charge in [-0.1, -0.05) is 0 Å². The number of hydrogen-bond acceptors (Lipinski definition) is 0. The highest BCUT2D eigenvalue weighted by molar-refractivity contribution is 5.13. The molecular formula is C8H6. The Morgan fingerprint density at radius 2 is 1.62 bits per heavy atom. The van der Waals surface area contributed by atoms with Gasteiger partial charge in [-0.05, 0) is 18.7 Å². The predicted octanol–water partition coefficient (Wildman–Crippen LogP) is 0.261. The molecule has 0 aliphatic carbocycles. The maximum absolute atomic E-state index is 5.37. The Hall–Kier alpha value is -1.13. The summed E-state index contributed by atoms with van der Waals surface area (Å²) in [5, 5.41) is 1.50. The third-order valence-corrected chi connectivity index (χ3v) is 0.936. The smallest absolute Gasteiger partial charge is 0.155 e. The first-order valence-electron chi connectivity index (χ1n) is 2.40. The van der Waals surface area contributed by atoms with Gasteiger partial charge in [0.15, 0.2) is 5.22 Å². The second-order valence-corrected chi connectivity index (χ2v) is 1.67. The van der Waals surface area contributed by atoms with Crippen LogP contribution in [-0.2, 0) is 0 Å². The van der Waals surface area contributed by atoms with E-state index in [4.69, 9.17) is 13.2 Å². The normalized spacial score (nSPS) is 8.88. The van der Waals surface area contributed by atoms with Crippen molar-refractivity contribution in [2.24, 2.45) is 0 Å². The molecule has 0 aliphatic heterocycles.